The molecule has 96 valence electrons. The lowest BCUT2D eigenvalue weighted by Gasteiger charge is -2.21. The highest BCUT2D eigenvalue weighted by atomic mass is 35.5. The van der Waals surface area contributed by atoms with Crippen molar-refractivity contribution >= 4 is 23.5 Å². The first-order chi connectivity index (χ1) is 8.50. The van der Waals surface area contributed by atoms with E-state index in [1.807, 2.05) is 0 Å². The second-order valence-electron chi connectivity index (χ2n) is 4.12. The van der Waals surface area contributed by atoms with Crippen molar-refractivity contribution in [2.24, 2.45) is 0 Å². The SMILES string of the molecule is O=C(O)C1CCCN1C(=O)c1cc(Cl)ccc1F. The maximum Gasteiger partial charge on any atom is 0.326 e. The molecule has 1 aromatic rings. The van der Waals surface area contributed by atoms with E-state index in [4.69, 9.17) is 16.7 Å². The van der Waals surface area contributed by atoms with Gasteiger partial charge in [0.25, 0.3) is 5.91 Å². The number of carbonyl (C=O) groups excluding carboxylic acids is 1. The molecule has 1 amide bonds. The smallest absolute Gasteiger partial charge is 0.326 e. The van der Waals surface area contributed by atoms with Crippen molar-refractivity contribution in [3.63, 3.8) is 0 Å². The Balaban J connectivity index is 2.31. The van der Waals surface area contributed by atoms with Crippen LogP contribution in [0.25, 0.3) is 0 Å². The van der Waals surface area contributed by atoms with Crippen LogP contribution in [0.3, 0.4) is 0 Å². The van der Waals surface area contributed by atoms with Crippen LogP contribution in [0.4, 0.5) is 4.39 Å². The molecule has 1 N–H and O–H groups in total. The lowest BCUT2D eigenvalue weighted by Crippen LogP contribution is -2.40. The maximum absolute atomic E-state index is 13.5. The van der Waals surface area contributed by atoms with Crippen LogP contribution in [0.15, 0.2) is 18.2 Å². The van der Waals surface area contributed by atoms with Crippen molar-refractivity contribution in [1.82, 2.24) is 4.90 Å². The number of carbonyl (C=O) groups is 2. The van der Waals surface area contributed by atoms with Gasteiger partial charge in [0.15, 0.2) is 0 Å². The summed E-state index contributed by atoms with van der Waals surface area (Å²) in [5, 5.41) is 9.23. The van der Waals surface area contributed by atoms with Crippen molar-refractivity contribution < 1.29 is 19.1 Å². The molecule has 1 unspecified atom stereocenters. The van der Waals surface area contributed by atoms with E-state index in [-0.39, 0.29) is 10.6 Å². The average molecular weight is 272 g/mol. The van der Waals surface area contributed by atoms with Gasteiger partial charge in [0.2, 0.25) is 0 Å². The standard InChI is InChI=1S/C12H11ClFNO3/c13-7-3-4-9(14)8(6-7)11(16)15-5-1-2-10(15)12(17)18/h3-4,6,10H,1-2,5H2,(H,17,18). The molecule has 1 fully saturated rings. The first-order valence-electron chi connectivity index (χ1n) is 5.49. The van der Waals surface area contributed by atoms with Crippen molar-refractivity contribution in [3.05, 3.63) is 34.6 Å². The highest BCUT2D eigenvalue weighted by molar-refractivity contribution is 6.31. The summed E-state index contributed by atoms with van der Waals surface area (Å²) in [5.74, 6) is -2.39. The summed E-state index contributed by atoms with van der Waals surface area (Å²) < 4.78 is 13.5. The molecule has 2 rings (SSSR count). The van der Waals surface area contributed by atoms with E-state index in [0.717, 1.165) is 6.07 Å². The third-order valence-electron chi connectivity index (χ3n) is 2.96. The van der Waals surface area contributed by atoms with Crippen molar-refractivity contribution in [2.45, 2.75) is 18.9 Å². The van der Waals surface area contributed by atoms with Crippen LogP contribution in [0.5, 0.6) is 0 Å². The number of halogens is 2. The van der Waals surface area contributed by atoms with E-state index in [1.165, 1.54) is 17.0 Å². The van der Waals surface area contributed by atoms with Crippen molar-refractivity contribution in [3.8, 4) is 0 Å². The molecule has 1 aliphatic heterocycles. The van der Waals surface area contributed by atoms with Crippen LogP contribution >= 0.6 is 11.6 Å². The maximum atomic E-state index is 13.5. The third-order valence-corrected chi connectivity index (χ3v) is 3.19. The minimum atomic E-state index is -1.07. The number of carboxylic acid groups (broad SMARTS) is 1. The van der Waals surface area contributed by atoms with Crippen LogP contribution in [0.1, 0.15) is 23.2 Å². The molecule has 0 aliphatic carbocycles. The van der Waals surface area contributed by atoms with Gasteiger partial charge >= 0.3 is 5.97 Å². The van der Waals surface area contributed by atoms with Gasteiger partial charge < -0.3 is 10.0 Å². The fourth-order valence-electron chi connectivity index (χ4n) is 2.08. The third kappa shape index (κ3) is 2.31. The van der Waals surface area contributed by atoms with Gasteiger partial charge in [-0.05, 0) is 31.0 Å². The van der Waals surface area contributed by atoms with E-state index < -0.39 is 23.7 Å². The van der Waals surface area contributed by atoms with E-state index >= 15 is 0 Å². The van der Waals surface area contributed by atoms with Crippen molar-refractivity contribution in [2.75, 3.05) is 6.54 Å². The zero-order chi connectivity index (χ0) is 13.3. The lowest BCUT2D eigenvalue weighted by atomic mass is 10.1. The quantitative estimate of drug-likeness (QED) is 0.897. The molecule has 0 radical (unpaired) electrons. The molecule has 1 aromatic carbocycles. The molecule has 4 nitrogen and oxygen atoms in total. The van der Waals surface area contributed by atoms with Gasteiger partial charge in [-0.25, -0.2) is 9.18 Å². The Morgan fingerprint density at radius 3 is 2.83 bits per heavy atom. The number of amides is 1. The van der Waals surface area contributed by atoms with E-state index in [9.17, 15) is 14.0 Å². The molecular weight excluding hydrogens is 261 g/mol. The van der Waals surface area contributed by atoms with E-state index in [0.29, 0.717) is 19.4 Å². The summed E-state index contributed by atoms with van der Waals surface area (Å²) in [6.45, 7) is 0.321. The number of rotatable bonds is 2. The molecule has 1 aliphatic rings. The Morgan fingerprint density at radius 2 is 2.17 bits per heavy atom. The van der Waals surface area contributed by atoms with Gasteiger partial charge in [-0.3, -0.25) is 4.79 Å². The Morgan fingerprint density at radius 1 is 1.44 bits per heavy atom. The van der Waals surface area contributed by atoms with Gasteiger partial charge in [-0.1, -0.05) is 11.6 Å². The van der Waals surface area contributed by atoms with Gasteiger partial charge in [-0.2, -0.15) is 0 Å². The molecule has 0 saturated carbocycles. The first-order valence-corrected chi connectivity index (χ1v) is 5.87. The minimum absolute atomic E-state index is 0.185. The minimum Gasteiger partial charge on any atom is -0.480 e. The van der Waals surface area contributed by atoms with E-state index in [1.54, 1.807) is 0 Å². The second kappa shape index (κ2) is 4.94. The Bertz CT molecular complexity index is 506. The van der Waals surface area contributed by atoms with Gasteiger partial charge in [0.05, 0.1) is 5.56 Å². The highest BCUT2D eigenvalue weighted by Crippen LogP contribution is 2.23. The molecule has 6 heteroatoms. The largest absolute Gasteiger partial charge is 0.480 e. The van der Waals surface area contributed by atoms with Gasteiger partial charge in [0, 0.05) is 11.6 Å². The number of hydrogen-bond donors (Lipinski definition) is 1. The zero-order valence-electron chi connectivity index (χ0n) is 9.40. The van der Waals surface area contributed by atoms with Crippen LogP contribution < -0.4 is 0 Å². The van der Waals surface area contributed by atoms with Crippen molar-refractivity contribution in [1.29, 1.82) is 0 Å². The average Bonchev–Trinajstić information content (AvgIpc) is 2.80. The van der Waals surface area contributed by atoms with Crippen LogP contribution in [-0.2, 0) is 4.79 Å². The molecule has 1 atom stereocenters. The first kappa shape index (κ1) is 12.8. The number of benzene rings is 1. The fourth-order valence-corrected chi connectivity index (χ4v) is 2.25. The number of hydrogen-bond acceptors (Lipinski definition) is 2. The number of nitrogens with zero attached hydrogens (tertiary/aromatic N) is 1. The monoisotopic (exact) mass is 271 g/mol. The van der Waals surface area contributed by atoms with Gasteiger partial charge in [0.1, 0.15) is 11.9 Å². The summed E-state index contributed by atoms with van der Waals surface area (Å²) in [7, 11) is 0. The van der Waals surface area contributed by atoms with Crippen LogP contribution in [0, 0.1) is 5.82 Å². The predicted octanol–water partition coefficient (Wildman–Crippen LogP) is 2.17. The summed E-state index contributed by atoms with van der Waals surface area (Å²) in [6, 6.07) is 2.78. The molecular formula is C12H11ClFNO3. The summed E-state index contributed by atoms with van der Waals surface area (Å²) >= 11 is 5.71. The number of likely N-dealkylation sites (tertiary alicyclic amines) is 1. The second-order valence-corrected chi connectivity index (χ2v) is 4.56. The number of carboxylic acids is 1. The predicted molar refractivity (Wildman–Crippen MR) is 63.1 cm³/mol. The Kier molecular flexibility index (Phi) is 3.52. The summed E-state index contributed by atoms with van der Waals surface area (Å²) in [6.07, 6.45) is 0.994. The normalized spacial score (nSPS) is 19.0. The summed E-state index contributed by atoms with van der Waals surface area (Å²) in [4.78, 5) is 24.3. The van der Waals surface area contributed by atoms with Crippen LogP contribution in [0.2, 0.25) is 5.02 Å². The number of aliphatic carboxylic acids is 1. The topological polar surface area (TPSA) is 57.6 Å². The summed E-state index contributed by atoms with van der Waals surface area (Å²) in [5.41, 5.74) is -0.185. The molecule has 1 saturated heterocycles. The molecule has 18 heavy (non-hydrogen) atoms. The highest BCUT2D eigenvalue weighted by Gasteiger charge is 2.35. The fraction of sp³-hybridized carbons (Fsp3) is 0.333. The van der Waals surface area contributed by atoms with Gasteiger partial charge in [-0.15, -0.1) is 0 Å². The molecule has 0 aromatic heterocycles. The molecule has 0 spiro atoms. The Labute approximate surface area is 108 Å². The van der Waals surface area contributed by atoms with E-state index in [2.05, 4.69) is 0 Å². The lowest BCUT2D eigenvalue weighted by molar-refractivity contribution is -0.141. The Hall–Kier alpha value is -1.62. The molecule has 1 heterocycles. The molecule has 0 bridgehead atoms. The zero-order valence-corrected chi connectivity index (χ0v) is 10.2. The van der Waals surface area contributed by atoms with Crippen LogP contribution in [-0.4, -0.2) is 34.5 Å².